The normalized spacial score (nSPS) is 30.0. The molecule has 1 saturated heterocycles. The summed E-state index contributed by atoms with van der Waals surface area (Å²) in [5.41, 5.74) is 0.878. The molecule has 0 aromatic rings. The molecular weight excluding hydrogens is 230 g/mol. The zero-order chi connectivity index (χ0) is 13.9. The summed E-state index contributed by atoms with van der Waals surface area (Å²) in [7, 11) is 0. The van der Waals surface area contributed by atoms with Gasteiger partial charge in [0.15, 0.2) is 0 Å². The van der Waals surface area contributed by atoms with Crippen molar-refractivity contribution in [3.8, 4) is 0 Å². The van der Waals surface area contributed by atoms with E-state index in [1.807, 2.05) is 0 Å². The summed E-state index contributed by atoms with van der Waals surface area (Å²) >= 11 is 0. The van der Waals surface area contributed by atoms with Gasteiger partial charge in [-0.15, -0.1) is 0 Å². The second kappa shape index (κ2) is 6.16. The zero-order valence-electron chi connectivity index (χ0n) is 13.6. The number of likely N-dealkylation sites (tertiary alicyclic amines) is 1. The Morgan fingerprint density at radius 2 is 1.63 bits per heavy atom. The van der Waals surface area contributed by atoms with Crippen LogP contribution in [0.3, 0.4) is 0 Å². The lowest BCUT2D eigenvalue weighted by atomic mass is 9.76. The van der Waals surface area contributed by atoms with E-state index in [9.17, 15) is 0 Å². The molecule has 0 aromatic heterocycles. The van der Waals surface area contributed by atoms with E-state index in [-0.39, 0.29) is 0 Å². The molecule has 2 aliphatic rings. The number of hydrogen-bond acceptors (Lipinski definition) is 1. The minimum atomic E-state index is 0.405. The van der Waals surface area contributed by atoms with Crippen molar-refractivity contribution < 1.29 is 0 Å². The summed E-state index contributed by atoms with van der Waals surface area (Å²) in [6.07, 6.45) is 13.6. The van der Waals surface area contributed by atoms with E-state index in [1.165, 1.54) is 57.8 Å². The van der Waals surface area contributed by atoms with Gasteiger partial charge in [-0.2, -0.15) is 0 Å². The third-order valence-electron chi connectivity index (χ3n) is 6.12. The lowest BCUT2D eigenvalue weighted by molar-refractivity contribution is 0.0237. The van der Waals surface area contributed by atoms with Crippen molar-refractivity contribution in [3.63, 3.8) is 0 Å². The van der Waals surface area contributed by atoms with Crippen molar-refractivity contribution in [3.05, 3.63) is 6.54 Å². The lowest BCUT2D eigenvalue weighted by Crippen LogP contribution is -2.54. The zero-order valence-corrected chi connectivity index (χ0v) is 13.6. The average molecular weight is 263 g/mol. The van der Waals surface area contributed by atoms with E-state index in [4.69, 9.17) is 0 Å². The predicted octanol–water partition coefficient (Wildman–Crippen LogP) is 5.43. The molecule has 110 valence electrons. The van der Waals surface area contributed by atoms with Gasteiger partial charge in [-0.1, -0.05) is 53.4 Å². The van der Waals surface area contributed by atoms with E-state index in [2.05, 4.69) is 39.1 Å². The van der Waals surface area contributed by atoms with Gasteiger partial charge in [-0.25, -0.2) is 0 Å². The number of hydrogen-bond donors (Lipinski definition) is 0. The highest BCUT2D eigenvalue weighted by atomic mass is 15.3. The maximum absolute atomic E-state index is 3.80. The van der Waals surface area contributed by atoms with Crippen LogP contribution < -0.4 is 0 Å². The molecule has 1 nitrogen and oxygen atoms in total. The summed E-state index contributed by atoms with van der Waals surface area (Å²) in [6, 6.07) is 0. The van der Waals surface area contributed by atoms with E-state index in [0.29, 0.717) is 11.1 Å². The first-order valence-corrected chi connectivity index (χ1v) is 8.73. The quantitative estimate of drug-likeness (QED) is 0.639. The molecule has 1 atom stereocenters. The highest BCUT2D eigenvalue weighted by Crippen LogP contribution is 2.55. The van der Waals surface area contributed by atoms with Gasteiger partial charge >= 0.3 is 0 Å². The minimum absolute atomic E-state index is 0.405. The van der Waals surface area contributed by atoms with Crippen LogP contribution in [0.2, 0.25) is 0 Å². The first-order valence-electron chi connectivity index (χ1n) is 8.73. The molecule has 1 spiro atoms. The van der Waals surface area contributed by atoms with Crippen LogP contribution in [0, 0.1) is 12.5 Å². The number of rotatable bonds is 5. The van der Waals surface area contributed by atoms with Crippen molar-refractivity contribution in [1.82, 2.24) is 4.90 Å². The Bertz CT molecular complexity index is 273. The van der Waals surface area contributed by atoms with Crippen LogP contribution >= 0.6 is 0 Å². The molecule has 1 aliphatic heterocycles. The molecule has 2 radical (unpaired) electrons. The smallest absolute Gasteiger partial charge is 0.0623 e. The van der Waals surface area contributed by atoms with E-state index < -0.39 is 0 Å². The molecule has 1 heteroatoms. The van der Waals surface area contributed by atoms with Gasteiger partial charge in [0.25, 0.3) is 0 Å². The van der Waals surface area contributed by atoms with Crippen LogP contribution in [0.25, 0.3) is 0 Å². The minimum Gasteiger partial charge on any atom is -0.282 e. The Morgan fingerprint density at radius 1 is 1.00 bits per heavy atom. The van der Waals surface area contributed by atoms with Crippen LogP contribution in [0.5, 0.6) is 0 Å². The Labute approximate surface area is 121 Å². The Hall–Kier alpha value is -0.0400. The molecule has 1 aliphatic carbocycles. The van der Waals surface area contributed by atoms with Crippen LogP contribution in [0.4, 0.5) is 0 Å². The maximum atomic E-state index is 3.80. The van der Waals surface area contributed by atoms with Crippen LogP contribution in [0.1, 0.15) is 91.9 Å². The summed E-state index contributed by atoms with van der Waals surface area (Å²) in [5, 5.41) is 0. The summed E-state index contributed by atoms with van der Waals surface area (Å²) in [5.74, 6) is 0.875. The van der Waals surface area contributed by atoms with Crippen LogP contribution in [-0.2, 0) is 0 Å². The fraction of sp³-hybridized carbons (Fsp3) is 0.944. The second-order valence-electron chi connectivity index (χ2n) is 6.75. The van der Waals surface area contributed by atoms with Gasteiger partial charge < -0.3 is 0 Å². The molecule has 0 amide bonds. The highest BCUT2D eigenvalue weighted by Gasteiger charge is 2.57. The van der Waals surface area contributed by atoms with Crippen molar-refractivity contribution in [1.29, 1.82) is 0 Å². The van der Waals surface area contributed by atoms with Crippen molar-refractivity contribution >= 4 is 0 Å². The standard InChI is InChI=1S/C18H33N/c1-5-14-19-17(12-10-9-11-13-17)15-16(6-2)18(19,7-3)8-4/h16H,5-13,15H2,1-4H3. The van der Waals surface area contributed by atoms with Gasteiger partial charge in [0.2, 0.25) is 0 Å². The maximum Gasteiger partial charge on any atom is 0.0623 e. The fourth-order valence-electron chi connectivity index (χ4n) is 5.18. The molecule has 2 rings (SSSR count). The highest BCUT2D eigenvalue weighted by molar-refractivity contribution is 5.14. The topological polar surface area (TPSA) is 3.24 Å². The van der Waals surface area contributed by atoms with Gasteiger partial charge in [-0.05, 0) is 44.4 Å². The summed E-state index contributed by atoms with van der Waals surface area (Å²) in [4.78, 5) is 2.77. The van der Waals surface area contributed by atoms with Gasteiger partial charge in [-0.3, -0.25) is 4.90 Å². The van der Waals surface area contributed by atoms with E-state index >= 15 is 0 Å². The Morgan fingerprint density at radius 3 is 2.11 bits per heavy atom. The Kier molecular flexibility index (Phi) is 4.98. The number of nitrogens with zero attached hydrogens (tertiary/aromatic N) is 1. The molecule has 1 saturated carbocycles. The molecule has 2 fully saturated rings. The SMILES string of the molecule is CC[C]N1C2(CCCCC2)CC(CC)C1(CC)CC. The van der Waals surface area contributed by atoms with E-state index in [1.54, 1.807) is 0 Å². The van der Waals surface area contributed by atoms with E-state index in [0.717, 1.165) is 12.3 Å². The van der Waals surface area contributed by atoms with Crippen molar-refractivity contribution in [2.75, 3.05) is 0 Å². The molecule has 0 aromatic carbocycles. The fourth-order valence-corrected chi connectivity index (χ4v) is 5.18. The Balaban J connectivity index is 2.34. The van der Waals surface area contributed by atoms with Gasteiger partial charge in [0, 0.05) is 11.1 Å². The first-order chi connectivity index (χ1) is 9.19. The first kappa shape index (κ1) is 15.4. The van der Waals surface area contributed by atoms with Crippen LogP contribution in [0.15, 0.2) is 0 Å². The molecule has 19 heavy (non-hydrogen) atoms. The molecule has 1 heterocycles. The predicted molar refractivity (Wildman–Crippen MR) is 82.9 cm³/mol. The van der Waals surface area contributed by atoms with Crippen molar-refractivity contribution in [2.45, 2.75) is 103 Å². The van der Waals surface area contributed by atoms with Crippen LogP contribution in [-0.4, -0.2) is 16.0 Å². The second-order valence-corrected chi connectivity index (χ2v) is 6.75. The summed E-state index contributed by atoms with van der Waals surface area (Å²) < 4.78 is 0. The van der Waals surface area contributed by atoms with Crippen molar-refractivity contribution in [2.24, 2.45) is 5.92 Å². The largest absolute Gasteiger partial charge is 0.282 e. The third kappa shape index (κ3) is 2.37. The lowest BCUT2D eigenvalue weighted by Gasteiger charge is -2.49. The molecular formula is C18H33N. The molecule has 1 unspecified atom stereocenters. The third-order valence-corrected chi connectivity index (χ3v) is 6.12. The molecule has 0 bridgehead atoms. The average Bonchev–Trinajstić information content (AvgIpc) is 2.71. The summed E-state index contributed by atoms with van der Waals surface area (Å²) in [6.45, 7) is 13.3. The monoisotopic (exact) mass is 263 g/mol. The molecule has 0 N–H and O–H groups in total. The van der Waals surface area contributed by atoms with Gasteiger partial charge in [0.1, 0.15) is 0 Å². The van der Waals surface area contributed by atoms with Gasteiger partial charge in [0.05, 0.1) is 6.54 Å².